The molecule has 0 bridgehead atoms. The fourth-order valence-corrected chi connectivity index (χ4v) is 0.990. The molecule has 0 aliphatic rings. The molecule has 0 heterocycles. The molecule has 0 saturated carbocycles. The Morgan fingerprint density at radius 3 is 3.00 bits per heavy atom. The normalized spacial score (nSPS) is 12.7. The largest absolute Gasteiger partial charge is 0.389 e. The Morgan fingerprint density at radius 2 is 2.38 bits per heavy atom. The Hall–Kier alpha value is -0.940. The molecule has 0 amide bonds. The lowest BCUT2D eigenvalue weighted by atomic mass is 10.2. The zero-order chi connectivity index (χ0) is 9.94. The van der Waals surface area contributed by atoms with Crippen molar-refractivity contribution in [2.24, 2.45) is 5.73 Å². The van der Waals surface area contributed by atoms with Gasteiger partial charge in [0.2, 0.25) is 0 Å². The number of rotatable bonds is 7. The van der Waals surface area contributed by atoms with Crippen molar-refractivity contribution in [2.45, 2.75) is 38.6 Å². The van der Waals surface area contributed by atoms with Gasteiger partial charge in [0.1, 0.15) is 0 Å². The quantitative estimate of drug-likeness (QED) is 0.461. The zero-order valence-electron chi connectivity index (χ0n) is 8.42. The molecule has 1 atom stereocenters. The molecule has 1 unspecified atom stereocenters. The second kappa shape index (κ2) is 9.15. The maximum Gasteiger partial charge on any atom is 0.0227 e. The third-order valence-corrected chi connectivity index (χ3v) is 1.80. The monoisotopic (exact) mass is 180 g/mol. The van der Waals surface area contributed by atoms with Gasteiger partial charge < -0.3 is 11.1 Å². The summed E-state index contributed by atoms with van der Waals surface area (Å²) in [7, 11) is 0. The predicted molar refractivity (Wildman–Crippen MR) is 58.1 cm³/mol. The van der Waals surface area contributed by atoms with Crippen LogP contribution in [0.4, 0.5) is 0 Å². The van der Waals surface area contributed by atoms with Gasteiger partial charge in [-0.25, -0.2) is 0 Å². The summed E-state index contributed by atoms with van der Waals surface area (Å²) in [6.45, 7) is 2.92. The topological polar surface area (TPSA) is 38.0 Å². The number of hydrogen-bond acceptors (Lipinski definition) is 2. The molecule has 74 valence electrons. The first-order valence-corrected chi connectivity index (χ1v) is 4.86. The average Bonchev–Trinajstić information content (AvgIpc) is 2.14. The maximum atomic E-state index is 5.40. The van der Waals surface area contributed by atoms with Gasteiger partial charge in [0.25, 0.3) is 0 Å². The van der Waals surface area contributed by atoms with Crippen molar-refractivity contribution in [3.05, 3.63) is 12.3 Å². The van der Waals surface area contributed by atoms with Crippen molar-refractivity contribution >= 4 is 0 Å². The van der Waals surface area contributed by atoms with E-state index in [4.69, 9.17) is 12.2 Å². The molecular formula is C11H20N2. The van der Waals surface area contributed by atoms with E-state index < -0.39 is 0 Å². The van der Waals surface area contributed by atoms with E-state index >= 15 is 0 Å². The lowest BCUT2D eigenvalue weighted by Crippen LogP contribution is -2.21. The summed E-state index contributed by atoms with van der Waals surface area (Å²) in [5, 5.41) is 3.27. The van der Waals surface area contributed by atoms with E-state index in [9.17, 15) is 0 Å². The molecule has 0 aromatic carbocycles. The Morgan fingerprint density at radius 1 is 1.62 bits per heavy atom. The maximum absolute atomic E-state index is 5.40. The third-order valence-electron chi connectivity index (χ3n) is 1.80. The minimum absolute atomic E-state index is 0.505. The molecular weight excluding hydrogens is 160 g/mol. The minimum Gasteiger partial charge on any atom is -0.389 e. The standard InChI is InChI=1S/C11H20N2/c1-3-4-5-6-10-13-11(2)8-7-9-12/h1,6,10-11,13H,4-5,7-9,12H2,2H3/b10-6-. The Bertz CT molecular complexity index is 167. The van der Waals surface area contributed by atoms with Crippen LogP contribution >= 0.6 is 0 Å². The molecule has 2 heteroatoms. The van der Waals surface area contributed by atoms with E-state index in [-0.39, 0.29) is 0 Å². The molecule has 0 aromatic heterocycles. The minimum atomic E-state index is 0.505. The first kappa shape index (κ1) is 12.1. The van der Waals surface area contributed by atoms with Crippen LogP contribution in [0.5, 0.6) is 0 Å². The highest BCUT2D eigenvalue weighted by atomic mass is 14.9. The van der Waals surface area contributed by atoms with Gasteiger partial charge in [-0.15, -0.1) is 12.3 Å². The van der Waals surface area contributed by atoms with Gasteiger partial charge >= 0.3 is 0 Å². The molecule has 0 rings (SSSR count). The van der Waals surface area contributed by atoms with Crippen LogP contribution in [-0.4, -0.2) is 12.6 Å². The van der Waals surface area contributed by atoms with Crippen LogP contribution in [0.2, 0.25) is 0 Å². The van der Waals surface area contributed by atoms with Crippen LogP contribution in [0.1, 0.15) is 32.6 Å². The van der Waals surface area contributed by atoms with Crippen molar-refractivity contribution < 1.29 is 0 Å². The molecule has 2 nitrogen and oxygen atoms in total. The van der Waals surface area contributed by atoms with Crippen LogP contribution in [-0.2, 0) is 0 Å². The SMILES string of the molecule is C#CCC/C=C\NC(C)CCCN. The van der Waals surface area contributed by atoms with Gasteiger partial charge in [-0.05, 0) is 38.9 Å². The first-order chi connectivity index (χ1) is 6.31. The van der Waals surface area contributed by atoms with Gasteiger partial charge in [-0.1, -0.05) is 6.08 Å². The molecule has 0 aliphatic heterocycles. The summed E-state index contributed by atoms with van der Waals surface area (Å²) in [6, 6.07) is 0.505. The number of hydrogen-bond donors (Lipinski definition) is 2. The van der Waals surface area contributed by atoms with Gasteiger partial charge in [-0.3, -0.25) is 0 Å². The number of allylic oxidation sites excluding steroid dienone is 1. The zero-order valence-corrected chi connectivity index (χ0v) is 8.42. The van der Waals surface area contributed by atoms with Crippen molar-refractivity contribution in [3.63, 3.8) is 0 Å². The van der Waals surface area contributed by atoms with Gasteiger partial charge in [0.05, 0.1) is 0 Å². The van der Waals surface area contributed by atoms with E-state index in [1.165, 1.54) is 0 Å². The van der Waals surface area contributed by atoms with Crippen molar-refractivity contribution in [1.29, 1.82) is 0 Å². The second-order valence-electron chi connectivity index (χ2n) is 3.14. The highest BCUT2D eigenvalue weighted by Crippen LogP contribution is 1.94. The lowest BCUT2D eigenvalue weighted by molar-refractivity contribution is 0.564. The number of nitrogens with one attached hydrogen (secondary N) is 1. The van der Waals surface area contributed by atoms with Crippen molar-refractivity contribution in [1.82, 2.24) is 5.32 Å². The molecule has 0 spiro atoms. The van der Waals surface area contributed by atoms with Gasteiger partial charge in [0.15, 0.2) is 0 Å². The Balaban J connectivity index is 3.30. The van der Waals surface area contributed by atoms with Crippen LogP contribution in [0.15, 0.2) is 12.3 Å². The highest BCUT2D eigenvalue weighted by Gasteiger charge is 1.95. The van der Waals surface area contributed by atoms with E-state index in [2.05, 4.69) is 24.2 Å². The molecule has 0 saturated heterocycles. The van der Waals surface area contributed by atoms with Crippen molar-refractivity contribution in [2.75, 3.05) is 6.54 Å². The van der Waals surface area contributed by atoms with Gasteiger partial charge in [0, 0.05) is 12.5 Å². The second-order valence-corrected chi connectivity index (χ2v) is 3.14. The number of unbranched alkanes of at least 4 members (excludes halogenated alkanes) is 1. The van der Waals surface area contributed by atoms with Crippen molar-refractivity contribution in [3.8, 4) is 12.3 Å². The summed E-state index contributed by atoms with van der Waals surface area (Å²) in [5.41, 5.74) is 5.40. The summed E-state index contributed by atoms with van der Waals surface area (Å²) in [6.07, 6.45) is 13.1. The fraction of sp³-hybridized carbons (Fsp3) is 0.636. The van der Waals surface area contributed by atoms with E-state index in [1.54, 1.807) is 0 Å². The molecule has 0 fully saturated rings. The van der Waals surface area contributed by atoms with E-state index in [0.717, 1.165) is 32.2 Å². The smallest absolute Gasteiger partial charge is 0.0227 e. The molecule has 0 aliphatic carbocycles. The number of nitrogens with two attached hydrogens (primary N) is 1. The summed E-state index contributed by atoms with van der Waals surface area (Å²) in [4.78, 5) is 0. The molecule has 0 aromatic rings. The summed E-state index contributed by atoms with van der Waals surface area (Å²) < 4.78 is 0. The van der Waals surface area contributed by atoms with Crippen LogP contribution in [0.25, 0.3) is 0 Å². The Labute approximate surface area is 81.6 Å². The summed E-state index contributed by atoms with van der Waals surface area (Å²) >= 11 is 0. The number of terminal acetylenes is 1. The van der Waals surface area contributed by atoms with Crippen LogP contribution < -0.4 is 11.1 Å². The van der Waals surface area contributed by atoms with Crippen LogP contribution in [0, 0.1) is 12.3 Å². The summed E-state index contributed by atoms with van der Waals surface area (Å²) in [5.74, 6) is 2.59. The fourth-order valence-electron chi connectivity index (χ4n) is 0.990. The molecule has 13 heavy (non-hydrogen) atoms. The average molecular weight is 180 g/mol. The predicted octanol–water partition coefficient (Wildman–Crippen LogP) is 1.63. The molecule has 3 N–H and O–H groups in total. The van der Waals surface area contributed by atoms with E-state index in [0.29, 0.717) is 6.04 Å². The van der Waals surface area contributed by atoms with Gasteiger partial charge in [-0.2, -0.15) is 0 Å². The first-order valence-electron chi connectivity index (χ1n) is 4.86. The highest BCUT2D eigenvalue weighted by molar-refractivity contribution is 4.90. The lowest BCUT2D eigenvalue weighted by Gasteiger charge is -2.09. The van der Waals surface area contributed by atoms with E-state index in [1.807, 2.05) is 6.20 Å². The third kappa shape index (κ3) is 8.97. The van der Waals surface area contributed by atoms with Crippen LogP contribution in [0.3, 0.4) is 0 Å². The molecule has 0 radical (unpaired) electrons. The Kier molecular flexibility index (Phi) is 8.49.